The van der Waals surface area contributed by atoms with Gasteiger partial charge in [-0.2, -0.15) is 0 Å². The standard InChI is InChI=1S/C14H12N2O4S/c1-20-10-4-5-21-12(10)11(17)7-2-3-8-9(6-7)16-14(19)13(18)15-8/h2-6,11,17H,1H3,(H,15,18)(H,16,19). The van der Waals surface area contributed by atoms with Gasteiger partial charge in [-0.05, 0) is 29.1 Å². The van der Waals surface area contributed by atoms with Crippen LogP contribution in [0.3, 0.4) is 0 Å². The molecule has 0 bridgehead atoms. The Morgan fingerprint density at radius 2 is 1.86 bits per heavy atom. The lowest BCUT2D eigenvalue weighted by Crippen LogP contribution is -2.28. The Kier molecular flexibility index (Phi) is 3.36. The number of methoxy groups -OCH3 is 1. The summed E-state index contributed by atoms with van der Waals surface area (Å²) in [7, 11) is 1.54. The van der Waals surface area contributed by atoms with Crippen molar-refractivity contribution in [2.24, 2.45) is 0 Å². The molecule has 0 aliphatic carbocycles. The third-order valence-electron chi connectivity index (χ3n) is 3.19. The summed E-state index contributed by atoms with van der Waals surface area (Å²) in [6.45, 7) is 0. The number of hydrogen-bond donors (Lipinski definition) is 3. The van der Waals surface area contributed by atoms with Crippen molar-refractivity contribution < 1.29 is 9.84 Å². The Bertz CT molecular complexity index is 909. The summed E-state index contributed by atoms with van der Waals surface area (Å²) in [6, 6.07) is 6.76. The van der Waals surface area contributed by atoms with Gasteiger partial charge in [0.15, 0.2) is 0 Å². The minimum absolute atomic E-state index is 0.465. The van der Waals surface area contributed by atoms with Crippen molar-refractivity contribution in [3.63, 3.8) is 0 Å². The maximum Gasteiger partial charge on any atom is 0.314 e. The van der Waals surface area contributed by atoms with Crippen LogP contribution in [0.2, 0.25) is 0 Å². The summed E-state index contributed by atoms with van der Waals surface area (Å²) in [5.41, 5.74) is 0.157. The third kappa shape index (κ3) is 2.37. The Balaban J connectivity index is 2.10. The highest BCUT2D eigenvalue weighted by molar-refractivity contribution is 7.10. The molecule has 21 heavy (non-hydrogen) atoms. The van der Waals surface area contributed by atoms with Gasteiger partial charge >= 0.3 is 11.1 Å². The van der Waals surface area contributed by atoms with Gasteiger partial charge in [-0.3, -0.25) is 9.59 Å². The molecule has 3 N–H and O–H groups in total. The quantitative estimate of drug-likeness (QED) is 0.637. The molecular weight excluding hydrogens is 292 g/mol. The van der Waals surface area contributed by atoms with Crippen LogP contribution < -0.4 is 15.9 Å². The summed E-state index contributed by atoms with van der Waals surface area (Å²) in [5.74, 6) is 0.613. The summed E-state index contributed by atoms with van der Waals surface area (Å²) >= 11 is 1.38. The Morgan fingerprint density at radius 3 is 2.57 bits per heavy atom. The van der Waals surface area contributed by atoms with Gasteiger partial charge in [0, 0.05) is 0 Å². The molecule has 0 radical (unpaired) electrons. The molecule has 1 unspecified atom stereocenters. The van der Waals surface area contributed by atoms with Crippen LogP contribution in [0.5, 0.6) is 5.75 Å². The van der Waals surface area contributed by atoms with Gasteiger partial charge in [0.25, 0.3) is 0 Å². The number of hydrogen-bond acceptors (Lipinski definition) is 5. The van der Waals surface area contributed by atoms with E-state index in [0.29, 0.717) is 27.2 Å². The number of fused-ring (bicyclic) bond motifs is 1. The first kappa shape index (κ1) is 13.6. The fraction of sp³-hybridized carbons (Fsp3) is 0.143. The zero-order chi connectivity index (χ0) is 15.0. The maximum absolute atomic E-state index is 11.4. The molecule has 7 heteroatoms. The van der Waals surface area contributed by atoms with E-state index in [2.05, 4.69) is 9.97 Å². The van der Waals surface area contributed by atoms with Crippen molar-refractivity contribution in [3.05, 3.63) is 60.8 Å². The third-order valence-corrected chi connectivity index (χ3v) is 4.14. The van der Waals surface area contributed by atoms with Crippen LogP contribution in [0.15, 0.2) is 39.2 Å². The first-order valence-corrected chi connectivity index (χ1v) is 7.04. The van der Waals surface area contributed by atoms with E-state index in [9.17, 15) is 14.7 Å². The Hall–Kier alpha value is -2.38. The minimum atomic E-state index is -0.861. The van der Waals surface area contributed by atoms with E-state index < -0.39 is 17.2 Å². The van der Waals surface area contributed by atoms with Gasteiger partial charge in [0.1, 0.15) is 11.9 Å². The van der Waals surface area contributed by atoms with Crippen LogP contribution in [0, 0.1) is 0 Å². The molecule has 108 valence electrons. The van der Waals surface area contributed by atoms with E-state index in [4.69, 9.17) is 4.74 Å². The molecule has 3 aromatic rings. The molecule has 2 heterocycles. The topological polar surface area (TPSA) is 95.2 Å². The van der Waals surface area contributed by atoms with Gasteiger partial charge in [-0.1, -0.05) is 6.07 Å². The lowest BCUT2D eigenvalue weighted by atomic mass is 10.1. The molecular formula is C14H12N2O4S. The smallest absolute Gasteiger partial charge is 0.314 e. The zero-order valence-corrected chi connectivity index (χ0v) is 11.9. The minimum Gasteiger partial charge on any atom is -0.495 e. The van der Waals surface area contributed by atoms with E-state index in [1.807, 2.05) is 5.38 Å². The molecule has 1 atom stereocenters. The number of thiophene rings is 1. The van der Waals surface area contributed by atoms with E-state index in [1.165, 1.54) is 11.3 Å². The summed E-state index contributed by atoms with van der Waals surface area (Å²) in [6.07, 6.45) is -0.861. The number of nitrogens with one attached hydrogen (secondary N) is 2. The average molecular weight is 304 g/mol. The fourth-order valence-corrected chi connectivity index (χ4v) is 3.00. The highest BCUT2D eigenvalue weighted by atomic mass is 32.1. The predicted octanol–water partition coefficient (Wildman–Crippen LogP) is 1.37. The first-order chi connectivity index (χ1) is 10.1. The Morgan fingerprint density at radius 1 is 1.14 bits per heavy atom. The van der Waals surface area contributed by atoms with E-state index in [1.54, 1.807) is 31.4 Å². The molecule has 1 aromatic carbocycles. The van der Waals surface area contributed by atoms with Gasteiger partial charge in [0.05, 0.1) is 23.0 Å². The molecule has 0 amide bonds. The second kappa shape index (κ2) is 5.19. The molecule has 2 aromatic heterocycles. The monoisotopic (exact) mass is 304 g/mol. The summed E-state index contributed by atoms with van der Waals surface area (Å²) < 4.78 is 5.20. The molecule has 0 aliphatic heterocycles. The van der Waals surface area contributed by atoms with Gasteiger partial charge < -0.3 is 19.8 Å². The van der Waals surface area contributed by atoms with E-state index >= 15 is 0 Å². The van der Waals surface area contributed by atoms with Crippen LogP contribution >= 0.6 is 11.3 Å². The lowest BCUT2D eigenvalue weighted by Gasteiger charge is -2.12. The maximum atomic E-state index is 11.4. The van der Waals surface area contributed by atoms with Crippen molar-refractivity contribution in [3.8, 4) is 5.75 Å². The lowest BCUT2D eigenvalue weighted by molar-refractivity contribution is 0.219. The first-order valence-electron chi connectivity index (χ1n) is 6.16. The van der Waals surface area contributed by atoms with Gasteiger partial charge in [0.2, 0.25) is 0 Å². The van der Waals surface area contributed by atoms with Crippen molar-refractivity contribution in [2.75, 3.05) is 7.11 Å². The van der Waals surface area contributed by atoms with Crippen LogP contribution in [0.1, 0.15) is 16.5 Å². The van der Waals surface area contributed by atoms with Crippen LogP contribution in [-0.2, 0) is 0 Å². The van der Waals surface area contributed by atoms with Crippen LogP contribution in [-0.4, -0.2) is 22.2 Å². The number of ether oxygens (including phenoxy) is 1. The van der Waals surface area contributed by atoms with E-state index in [0.717, 1.165) is 0 Å². The molecule has 3 rings (SSSR count). The number of aliphatic hydroxyl groups excluding tert-OH is 1. The van der Waals surface area contributed by atoms with Gasteiger partial charge in [-0.25, -0.2) is 0 Å². The second-order valence-electron chi connectivity index (χ2n) is 4.47. The molecule has 0 aliphatic rings. The van der Waals surface area contributed by atoms with Crippen LogP contribution in [0.4, 0.5) is 0 Å². The number of benzene rings is 1. The van der Waals surface area contributed by atoms with Gasteiger partial charge in [-0.15, -0.1) is 11.3 Å². The normalized spacial score (nSPS) is 12.5. The number of H-pyrrole nitrogens is 2. The number of aliphatic hydroxyl groups is 1. The van der Waals surface area contributed by atoms with Crippen molar-refractivity contribution in [2.45, 2.75) is 6.10 Å². The average Bonchev–Trinajstić information content (AvgIpc) is 2.95. The zero-order valence-electron chi connectivity index (χ0n) is 11.0. The largest absolute Gasteiger partial charge is 0.495 e. The SMILES string of the molecule is COc1ccsc1C(O)c1ccc2[nH]c(=O)c(=O)[nH]c2c1. The molecule has 0 spiro atoms. The van der Waals surface area contributed by atoms with Crippen molar-refractivity contribution in [1.82, 2.24) is 9.97 Å². The van der Waals surface area contributed by atoms with Crippen molar-refractivity contribution in [1.29, 1.82) is 0 Å². The molecule has 6 nitrogen and oxygen atoms in total. The molecule has 0 fully saturated rings. The van der Waals surface area contributed by atoms with Crippen LogP contribution in [0.25, 0.3) is 11.0 Å². The summed E-state index contributed by atoms with van der Waals surface area (Å²) in [5, 5.41) is 12.3. The Labute approximate surface area is 122 Å². The second-order valence-corrected chi connectivity index (χ2v) is 5.42. The fourth-order valence-electron chi connectivity index (χ4n) is 2.13. The van der Waals surface area contributed by atoms with E-state index in [-0.39, 0.29) is 0 Å². The molecule has 0 saturated carbocycles. The highest BCUT2D eigenvalue weighted by Gasteiger charge is 2.17. The summed E-state index contributed by atoms with van der Waals surface area (Å²) in [4.78, 5) is 28.3. The predicted molar refractivity (Wildman–Crippen MR) is 80.1 cm³/mol. The highest BCUT2D eigenvalue weighted by Crippen LogP contribution is 2.34. The molecule has 0 saturated heterocycles. The number of aromatic amines is 2. The number of rotatable bonds is 3. The number of aromatic nitrogens is 2. The van der Waals surface area contributed by atoms with Crippen molar-refractivity contribution >= 4 is 22.4 Å².